The minimum Gasteiger partial charge on any atom is -0.760 e. The van der Waals surface area contributed by atoms with Crippen molar-refractivity contribution in [2.75, 3.05) is 14.1 Å². The zero-order chi connectivity index (χ0) is 12.0. The zero-order valence-electron chi connectivity index (χ0n) is 9.90. The Bertz CT molecular complexity index is 287. The topological polar surface area (TPSA) is 43.4 Å². The van der Waals surface area contributed by atoms with Crippen LogP contribution < -0.4 is 0 Å². The fraction of sp³-hybridized carbons (Fsp3) is 0.455. The molecule has 0 N–H and O–H groups in total. The molecule has 3 nitrogen and oxygen atoms in total. The van der Waals surface area contributed by atoms with Crippen molar-refractivity contribution >= 4 is 11.3 Å². The third-order valence-electron chi connectivity index (χ3n) is 1.66. The van der Waals surface area contributed by atoms with Crippen LogP contribution in [0.1, 0.15) is 16.7 Å². The Morgan fingerprint density at radius 3 is 1.33 bits per heavy atom. The van der Waals surface area contributed by atoms with E-state index in [0.717, 1.165) is 4.31 Å². The molecule has 1 rings (SSSR count). The molecule has 0 bridgehead atoms. The number of hydrogen-bond acceptors (Lipinski definition) is 2. The molecule has 0 fully saturated rings. The Balaban J connectivity index is 0.000000288. The summed E-state index contributed by atoms with van der Waals surface area (Å²) in [6.45, 7) is 6.38. The fourth-order valence-corrected chi connectivity index (χ4v) is 1.20. The lowest BCUT2D eigenvalue weighted by Crippen LogP contribution is -2.13. The predicted octanol–water partition coefficient (Wildman–Crippen LogP) is 1.95. The highest BCUT2D eigenvalue weighted by atomic mass is 32.2. The molecular formula is C11H18NO2S-. The smallest absolute Gasteiger partial charge is 0.0203 e. The number of rotatable bonds is 1. The van der Waals surface area contributed by atoms with Gasteiger partial charge in [-0.25, -0.2) is 4.31 Å². The van der Waals surface area contributed by atoms with Crippen molar-refractivity contribution in [1.82, 2.24) is 4.31 Å². The van der Waals surface area contributed by atoms with Gasteiger partial charge in [-0.3, -0.25) is 4.21 Å². The first-order chi connectivity index (χ1) is 6.82. The van der Waals surface area contributed by atoms with Crippen LogP contribution in [0, 0.1) is 20.8 Å². The zero-order valence-corrected chi connectivity index (χ0v) is 10.7. The molecule has 1 aromatic rings. The SMILES string of the molecule is CN(C)S(=O)[O-].Cc1cc(C)cc(C)c1. The lowest BCUT2D eigenvalue weighted by Gasteiger charge is -2.10. The van der Waals surface area contributed by atoms with Crippen LogP contribution in [0.15, 0.2) is 18.2 Å². The fourth-order valence-electron chi connectivity index (χ4n) is 1.20. The highest BCUT2D eigenvalue weighted by molar-refractivity contribution is 7.76. The first kappa shape index (κ1) is 14.3. The second-order valence-corrected chi connectivity index (χ2v) is 4.86. The van der Waals surface area contributed by atoms with Crippen LogP contribution in [0.25, 0.3) is 0 Å². The van der Waals surface area contributed by atoms with Crippen molar-refractivity contribution in [3.63, 3.8) is 0 Å². The van der Waals surface area contributed by atoms with Gasteiger partial charge in [-0.1, -0.05) is 34.9 Å². The van der Waals surface area contributed by atoms with Gasteiger partial charge in [0, 0.05) is 11.3 Å². The third kappa shape index (κ3) is 7.25. The molecule has 0 aliphatic heterocycles. The Kier molecular flexibility index (Phi) is 6.40. The van der Waals surface area contributed by atoms with Crippen molar-refractivity contribution in [3.8, 4) is 0 Å². The second kappa shape index (κ2) is 6.71. The van der Waals surface area contributed by atoms with Crippen molar-refractivity contribution in [2.45, 2.75) is 20.8 Å². The van der Waals surface area contributed by atoms with E-state index in [4.69, 9.17) is 0 Å². The lowest BCUT2D eigenvalue weighted by atomic mass is 10.1. The first-order valence-electron chi connectivity index (χ1n) is 4.64. The maximum Gasteiger partial charge on any atom is 0.0203 e. The minimum absolute atomic E-state index is 1.08. The van der Waals surface area contributed by atoms with Gasteiger partial charge in [0.1, 0.15) is 0 Å². The first-order valence-corrected chi connectivity index (χ1v) is 5.67. The number of nitrogens with zero attached hydrogens (tertiary/aromatic N) is 1. The molecule has 0 aromatic heterocycles. The normalized spacial score (nSPS) is 11.9. The molecule has 0 aliphatic rings. The van der Waals surface area contributed by atoms with E-state index in [-0.39, 0.29) is 0 Å². The van der Waals surface area contributed by atoms with Crippen LogP contribution in [0.3, 0.4) is 0 Å². The van der Waals surface area contributed by atoms with Gasteiger partial charge in [0.15, 0.2) is 0 Å². The summed E-state index contributed by atoms with van der Waals surface area (Å²) in [5.74, 6) is 0. The molecule has 15 heavy (non-hydrogen) atoms. The van der Waals surface area contributed by atoms with E-state index in [0.29, 0.717) is 0 Å². The van der Waals surface area contributed by atoms with E-state index in [1.54, 1.807) is 0 Å². The highest BCUT2D eigenvalue weighted by Gasteiger charge is 1.87. The number of aryl methyl sites for hydroxylation is 3. The Hall–Kier alpha value is -0.710. The molecule has 0 saturated carbocycles. The largest absolute Gasteiger partial charge is 0.760 e. The van der Waals surface area contributed by atoms with Gasteiger partial charge in [-0.05, 0) is 34.9 Å². The van der Waals surface area contributed by atoms with Crippen LogP contribution in [0.4, 0.5) is 0 Å². The maximum absolute atomic E-state index is 9.62. The molecular weight excluding hydrogens is 210 g/mol. The van der Waals surface area contributed by atoms with E-state index in [1.807, 2.05) is 0 Å². The van der Waals surface area contributed by atoms with Gasteiger partial charge in [-0.2, -0.15) is 0 Å². The van der Waals surface area contributed by atoms with E-state index >= 15 is 0 Å². The van der Waals surface area contributed by atoms with Gasteiger partial charge in [0.05, 0.1) is 0 Å². The van der Waals surface area contributed by atoms with Crippen LogP contribution in [0.5, 0.6) is 0 Å². The van der Waals surface area contributed by atoms with E-state index in [1.165, 1.54) is 30.8 Å². The molecule has 0 spiro atoms. The summed E-state index contributed by atoms with van der Waals surface area (Å²) in [4.78, 5) is 0. The summed E-state index contributed by atoms with van der Waals surface area (Å²) < 4.78 is 20.3. The van der Waals surface area contributed by atoms with Crippen molar-refractivity contribution in [2.24, 2.45) is 0 Å². The summed E-state index contributed by atoms with van der Waals surface area (Å²) in [6, 6.07) is 6.56. The second-order valence-electron chi connectivity index (χ2n) is 3.69. The van der Waals surface area contributed by atoms with Gasteiger partial charge < -0.3 is 4.55 Å². The van der Waals surface area contributed by atoms with Crippen LogP contribution in [0.2, 0.25) is 0 Å². The number of hydrogen-bond donors (Lipinski definition) is 0. The molecule has 0 aliphatic carbocycles. The van der Waals surface area contributed by atoms with Gasteiger partial charge >= 0.3 is 0 Å². The van der Waals surface area contributed by atoms with E-state index in [2.05, 4.69) is 39.0 Å². The molecule has 0 saturated heterocycles. The molecule has 86 valence electrons. The van der Waals surface area contributed by atoms with Crippen molar-refractivity contribution in [3.05, 3.63) is 34.9 Å². The van der Waals surface area contributed by atoms with Crippen LogP contribution >= 0.6 is 0 Å². The summed E-state index contributed by atoms with van der Waals surface area (Å²) >= 11 is -2.03. The van der Waals surface area contributed by atoms with Crippen molar-refractivity contribution < 1.29 is 8.76 Å². The predicted molar refractivity (Wildman–Crippen MR) is 63.3 cm³/mol. The average molecular weight is 228 g/mol. The molecule has 0 amide bonds. The average Bonchev–Trinajstić information content (AvgIpc) is 2.01. The van der Waals surface area contributed by atoms with Crippen molar-refractivity contribution in [1.29, 1.82) is 0 Å². The monoisotopic (exact) mass is 228 g/mol. The summed E-state index contributed by atoms with van der Waals surface area (Å²) in [7, 11) is 2.92. The summed E-state index contributed by atoms with van der Waals surface area (Å²) in [6.07, 6.45) is 0. The molecule has 1 unspecified atom stereocenters. The highest BCUT2D eigenvalue weighted by Crippen LogP contribution is 2.06. The number of benzene rings is 1. The quantitative estimate of drug-likeness (QED) is 0.690. The van der Waals surface area contributed by atoms with Crippen LogP contribution in [-0.2, 0) is 11.3 Å². The van der Waals surface area contributed by atoms with Crippen LogP contribution in [-0.4, -0.2) is 27.2 Å². The molecule has 1 atom stereocenters. The van der Waals surface area contributed by atoms with E-state index < -0.39 is 11.3 Å². The molecule has 4 heteroatoms. The van der Waals surface area contributed by atoms with Gasteiger partial charge in [-0.15, -0.1) is 0 Å². The standard InChI is InChI=1S/C9H12.C2H7NO2S/c1-7-4-8(2)6-9(3)5-7;1-3(2)6(4)5/h4-6H,1-3H3;1-2H3,(H,4,5)/p-1. The van der Waals surface area contributed by atoms with Gasteiger partial charge in [0.25, 0.3) is 0 Å². The molecule has 0 heterocycles. The third-order valence-corrected chi connectivity index (χ3v) is 2.26. The maximum atomic E-state index is 9.62. The van der Waals surface area contributed by atoms with Gasteiger partial charge in [0.2, 0.25) is 0 Å². The summed E-state index contributed by atoms with van der Waals surface area (Å²) in [5.41, 5.74) is 4.06. The van der Waals surface area contributed by atoms with E-state index in [9.17, 15) is 8.76 Å². The summed E-state index contributed by atoms with van der Waals surface area (Å²) in [5, 5.41) is 0. The Morgan fingerprint density at radius 1 is 1.00 bits per heavy atom. The minimum atomic E-state index is -2.03. The lowest BCUT2D eigenvalue weighted by molar-refractivity contribution is 0.470. The Morgan fingerprint density at radius 2 is 1.20 bits per heavy atom. The molecule has 1 aromatic carbocycles. The Labute approximate surface area is 94.5 Å². The molecule has 0 radical (unpaired) electrons.